The molecule has 0 aromatic rings. The smallest absolute Gasteiger partial charge is 0.449 e. The van der Waals surface area contributed by atoms with Crippen molar-refractivity contribution < 1.29 is 67.7 Å². The van der Waals surface area contributed by atoms with Crippen molar-refractivity contribution in [1.29, 1.82) is 0 Å². The zero-order chi connectivity index (χ0) is 30.6. The molecule has 0 spiro atoms. The Labute approximate surface area is 223 Å². The molecule has 1 aliphatic heterocycles. The van der Waals surface area contributed by atoms with E-state index in [4.69, 9.17) is 4.74 Å². The second-order valence-corrected chi connectivity index (χ2v) is 11.5. The van der Waals surface area contributed by atoms with Crippen LogP contribution in [-0.4, -0.2) is 52.5 Å². The molecular weight excluding hydrogens is 573 g/mol. The summed E-state index contributed by atoms with van der Waals surface area (Å²) in [7, 11) is 0. The minimum Gasteiger partial charge on any atom is -0.451 e. The standard InChI is InChI=1S/C25H33F11O4/c1-3-18(2,23(28,29)30)17(37)39-19(15-10-6-4-7-11-15)14-20(24(31,32)33,16-12-8-5-9-13-16)40-22(38,21(19,26)27)25(34,35)36/h15-16,38H,3-14H2,1-2H3. The second-order valence-electron chi connectivity index (χ2n) is 11.5. The number of rotatable bonds is 5. The fourth-order valence-corrected chi connectivity index (χ4v) is 6.47. The third-order valence-electron chi connectivity index (χ3n) is 9.26. The summed E-state index contributed by atoms with van der Waals surface area (Å²) < 4.78 is 171. The number of carbonyl (C=O) groups is 1. The van der Waals surface area contributed by atoms with E-state index in [0.29, 0.717) is 12.8 Å². The van der Waals surface area contributed by atoms with Gasteiger partial charge in [0.05, 0.1) is 0 Å². The second kappa shape index (κ2) is 10.4. The van der Waals surface area contributed by atoms with Crippen LogP contribution >= 0.6 is 0 Å². The molecule has 3 fully saturated rings. The van der Waals surface area contributed by atoms with E-state index in [0.717, 1.165) is 6.92 Å². The number of alkyl halides is 11. The van der Waals surface area contributed by atoms with Gasteiger partial charge in [-0.25, -0.2) is 0 Å². The summed E-state index contributed by atoms with van der Waals surface area (Å²) in [4.78, 5) is 13.1. The first kappa shape index (κ1) is 33.1. The first-order valence-corrected chi connectivity index (χ1v) is 13.3. The third kappa shape index (κ3) is 4.88. The van der Waals surface area contributed by atoms with Gasteiger partial charge in [0.15, 0.2) is 16.6 Å². The van der Waals surface area contributed by atoms with Crippen LogP contribution < -0.4 is 0 Å². The molecule has 1 N–H and O–H groups in total. The van der Waals surface area contributed by atoms with Gasteiger partial charge in [0.25, 0.3) is 0 Å². The van der Waals surface area contributed by atoms with Gasteiger partial charge in [-0.15, -0.1) is 0 Å². The minimum absolute atomic E-state index is 0.0259. The highest BCUT2D eigenvalue weighted by Crippen LogP contribution is 2.66. The minimum atomic E-state index is -6.56. The van der Waals surface area contributed by atoms with Crippen molar-refractivity contribution >= 4 is 5.97 Å². The molecule has 0 aromatic carbocycles. The number of hydrogen-bond donors (Lipinski definition) is 1. The van der Waals surface area contributed by atoms with E-state index in [1.165, 1.54) is 0 Å². The number of esters is 1. The van der Waals surface area contributed by atoms with Crippen LogP contribution in [0.2, 0.25) is 0 Å². The number of halogens is 11. The Bertz CT molecular complexity index is 921. The van der Waals surface area contributed by atoms with Gasteiger partial charge in [0.2, 0.25) is 0 Å². The zero-order valence-corrected chi connectivity index (χ0v) is 22.0. The van der Waals surface area contributed by atoms with Crippen LogP contribution in [0.3, 0.4) is 0 Å². The molecule has 15 heteroatoms. The summed E-state index contributed by atoms with van der Waals surface area (Å²) in [6.45, 7) is 1.12. The molecule has 0 aromatic heterocycles. The maximum atomic E-state index is 16.3. The number of aliphatic hydroxyl groups is 1. The lowest BCUT2D eigenvalue weighted by Crippen LogP contribution is -2.82. The van der Waals surface area contributed by atoms with Gasteiger partial charge in [-0.3, -0.25) is 4.79 Å². The first-order valence-electron chi connectivity index (χ1n) is 13.3. The summed E-state index contributed by atoms with van der Waals surface area (Å²) in [5.74, 6) is -17.9. The fraction of sp³-hybridized carbons (Fsp3) is 0.960. The maximum absolute atomic E-state index is 16.3. The third-order valence-corrected chi connectivity index (χ3v) is 9.26. The fourth-order valence-electron chi connectivity index (χ4n) is 6.47. The van der Waals surface area contributed by atoms with Crippen molar-refractivity contribution in [3.8, 4) is 0 Å². The van der Waals surface area contributed by atoms with Gasteiger partial charge in [0, 0.05) is 12.3 Å². The van der Waals surface area contributed by atoms with Crippen LogP contribution in [0.5, 0.6) is 0 Å². The maximum Gasteiger partial charge on any atom is 0.449 e. The predicted molar refractivity (Wildman–Crippen MR) is 117 cm³/mol. The topological polar surface area (TPSA) is 55.8 Å². The Morgan fingerprint density at radius 1 is 0.825 bits per heavy atom. The molecule has 4 atom stereocenters. The monoisotopic (exact) mass is 606 g/mol. The molecule has 2 saturated carbocycles. The zero-order valence-electron chi connectivity index (χ0n) is 22.0. The van der Waals surface area contributed by atoms with Gasteiger partial charge in [-0.05, 0) is 44.9 Å². The molecule has 0 amide bonds. The Balaban J connectivity index is 2.38. The summed E-state index contributed by atoms with van der Waals surface area (Å²) in [6.07, 6.45) is -21.8. The molecule has 234 valence electrons. The van der Waals surface area contributed by atoms with E-state index in [1.807, 2.05) is 0 Å². The Kier molecular flexibility index (Phi) is 8.62. The highest BCUT2D eigenvalue weighted by Gasteiger charge is 2.89. The van der Waals surface area contributed by atoms with Gasteiger partial charge in [-0.1, -0.05) is 45.4 Å². The number of carbonyl (C=O) groups excluding carboxylic acids is 1. The van der Waals surface area contributed by atoms with E-state index < -0.39 is 103 Å². The lowest BCUT2D eigenvalue weighted by molar-refractivity contribution is -0.529. The summed E-state index contributed by atoms with van der Waals surface area (Å²) in [5.41, 5.74) is -11.8. The normalized spacial score (nSPS) is 34.8. The predicted octanol–water partition coefficient (Wildman–Crippen LogP) is 8.02. The first-order chi connectivity index (χ1) is 18.1. The molecule has 0 radical (unpaired) electrons. The Morgan fingerprint density at radius 3 is 1.65 bits per heavy atom. The highest BCUT2D eigenvalue weighted by molar-refractivity contribution is 5.78. The quantitative estimate of drug-likeness (QED) is 0.255. The van der Waals surface area contributed by atoms with Crippen molar-refractivity contribution in [1.82, 2.24) is 0 Å². The SMILES string of the molecule is CCC(C)(C(=O)OC1(C2CCCCC2)CC(C2CCCCC2)(C(F)(F)F)OC(O)(C(F)(F)F)C1(F)F)C(F)(F)F. The summed E-state index contributed by atoms with van der Waals surface area (Å²) in [6, 6.07) is 0. The van der Waals surface area contributed by atoms with Crippen molar-refractivity contribution in [3.05, 3.63) is 0 Å². The molecule has 1 saturated heterocycles. The summed E-state index contributed by atoms with van der Waals surface area (Å²) in [5, 5.41) is 10.6. The molecule has 2 aliphatic carbocycles. The number of ether oxygens (including phenoxy) is 2. The van der Waals surface area contributed by atoms with Crippen LogP contribution in [0.15, 0.2) is 0 Å². The van der Waals surface area contributed by atoms with Crippen LogP contribution in [0.25, 0.3) is 0 Å². The van der Waals surface area contributed by atoms with Gasteiger partial charge in [0.1, 0.15) is 0 Å². The van der Waals surface area contributed by atoms with Crippen molar-refractivity contribution in [2.24, 2.45) is 17.3 Å². The lowest BCUT2D eigenvalue weighted by Gasteiger charge is -2.61. The molecule has 3 rings (SSSR count). The van der Waals surface area contributed by atoms with Gasteiger partial charge >= 0.3 is 36.2 Å². The van der Waals surface area contributed by atoms with Crippen molar-refractivity contribution in [2.45, 2.75) is 132 Å². The van der Waals surface area contributed by atoms with E-state index in [1.54, 1.807) is 0 Å². The molecule has 3 aliphatic rings. The molecular formula is C25H33F11O4. The van der Waals surface area contributed by atoms with E-state index in [2.05, 4.69) is 4.74 Å². The van der Waals surface area contributed by atoms with E-state index >= 15 is 8.78 Å². The molecule has 40 heavy (non-hydrogen) atoms. The van der Waals surface area contributed by atoms with E-state index in [-0.39, 0.29) is 32.6 Å². The Hall–Kier alpha value is -1.38. The van der Waals surface area contributed by atoms with E-state index in [9.17, 15) is 49.4 Å². The molecule has 0 bridgehead atoms. The van der Waals surface area contributed by atoms with Gasteiger partial charge in [-0.2, -0.15) is 48.3 Å². The van der Waals surface area contributed by atoms with Crippen LogP contribution in [0.4, 0.5) is 48.3 Å². The van der Waals surface area contributed by atoms with Gasteiger partial charge < -0.3 is 14.6 Å². The average Bonchev–Trinajstić information content (AvgIpc) is 2.85. The molecule has 4 nitrogen and oxygen atoms in total. The summed E-state index contributed by atoms with van der Waals surface area (Å²) >= 11 is 0. The highest BCUT2D eigenvalue weighted by atomic mass is 19.4. The molecule has 4 unspecified atom stereocenters. The average molecular weight is 607 g/mol. The van der Waals surface area contributed by atoms with Crippen molar-refractivity contribution in [2.75, 3.05) is 0 Å². The van der Waals surface area contributed by atoms with Crippen LogP contribution in [-0.2, 0) is 14.3 Å². The van der Waals surface area contributed by atoms with Crippen LogP contribution in [0, 0.1) is 17.3 Å². The lowest BCUT2D eigenvalue weighted by atomic mass is 9.60. The van der Waals surface area contributed by atoms with Crippen LogP contribution in [0.1, 0.15) is 90.9 Å². The largest absolute Gasteiger partial charge is 0.451 e. The van der Waals surface area contributed by atoms with Crippen molar-refractivity contribution in [3.63, 3.8) is 0 Å². The molecule has 1 heterocycles. The Morgan fingerprint density at radius 2 is 1.27 bits per heavy atom. The number of hydrogen-bond acceptors (Lipinski definition) is 4.